The number of nitrogen functional groups attached to an aromatic ring is 1. The molecular weight excluding hydrogens is 254 g/mol. The lowest BCUT2D eigenvalue weighted by atomic mass is 10.2. The van der Waals surface area contributed by atoms with Crippen molar-refractivity contribution in [3.05, 3.63) is 53.2 Å². The van der Waals surface area contributed by atoms with E-state index in [2.05, 4.69) is 10.3 Å². The molecule has 0 aliphatic heterocycles. The molecule has 2 rings (SSSR count). The molecule has 104 valence electrons. The number of hydrogen-bond donors (Lipinski definition) is 2. The Bertz CT molecular complexity index is 589. The van der Waals surface area contributed by atoms with Crippen LogP contribution in [0.4, 0.5) is 5.82 Å². The van der Waals surface area contributed by atoms with Crippen LogP contribution in [-0.4, -0.2) is 18.0 Å². The number of benzene rings is 1. The number of aromatic nitrogens is 1. The van der Waals surface area contributed by atoms with E-state index < -0.39 is 0 Å². The molecule has 0 aliphatic rings. The first kappa shape index (κ1) is 13.9. The number of pyridine rings is 1. The molecule has 2 aromatic rings. The van der Waals surface area contributed by atoms with Gasteiger partial charge in [0.25, 0.3) is 5.91 Å². The average molecular weight is 271 g/mol. The van der Waals surface area contributed by atoms with Crippen molar-refractivity contribution < 1.29 is 9.53 Å². The Kier molecular flexibility index (Phi) is 4.20. The second kappa shape index (κ2) is 6.06. The monoisotopic (exact) mass is 271 g/mol. The molecule has 0 bridgehead atoms. The fourth-order valence-electron chi connectivity index (χ4n) is 1.85. The maximum atomic E-state index is 12.0. The summed E-state index contributed by atoms with van der Waals surface area (Å²) >= 11 is 0. The van der Waals surface area contributed by atoms with Crippen molar-refractivity contribution in [2.45, 2.75) is 13.5 Å². The van der Waals surface area contributed by atoms with Crippen LogP contribution in [0.2, 0.25) is 0 Å². The van der Waals surface area contributed by atoms with Crippen molar-refractivity contribution in [3.63, 3.8) is 0 Å². The van der Waals surface area contributed by atoms with Crippen LogP contribution in [0, 0.1) is 6.92 Å². The largest absolute Gasteiger partial charge is 0.497 e. The van der Waals surface area contributed by atoms with Gasteiger partial charge in [0.2, 0.25) is 0 Å². The minimum absolute atomic E-state index is 0.169. The molecule has 1 amide bonds. The molecule has 0 atom stereocenters. The number of hydrogen-bond acceptors (Lipinski definition) is 4. The van der Waals surface area contributed by atoms with Crippen LogP contribution < -0.4 is 15.8 Å². The molecule has 0 radical (unpaired) electrons. The first-order chi connectivity index (χ1) is 9.58. The van der Waals surface area contributed by atoms with Gasteiger partial charge in [-0.3, -0.25) is 4.79 Å². The maximum absolute atomic E-state index is 12.0. The molecule has 0 unspecified atom stereocenters. The van der Waals surface area contributed by atoms with E-state index in [9.17, 15) is 4.79 Å². The van der Waals surface area contributed by atoms with Gasteiger partial charge in [-0.15, -0.1) is 0 Å². The molecule has 5 heteroatoms. The Morgan fingerprint density at radius 3 is 2.60 bits per heavy atom. The topological polar surface area (TPSA) is 77.2 Å². The molecule has 0 spiro atoms. The number of ether oxygens (including phenoxy) is 1. The Morgan fingerprint density at radius 2 is 2.00 bits per heavy atom. The highest BCUT2D eigenvalue weighted by atomic mass is 16.5. The van der Waals surface area contributed by atoms with E-state index in [0.717, 1.165) is 17.0 Å². The molecular formula is C15H17N3O2. The Balaban J connectivity index is 2.00. The van der Waals surface area contributed by atoms with Crippen LogP contribution in [0.25, 0.3) is 0 Å². The van der Waals surface area contributed by atoms with Crippen LogP contribution in [0.15, 0.2) is 36.4 Å². The maximum Gasteiger partial charge on any atom is 0.251 e. The first-order valence-corrected chi connectivity index (χ1v) is 6.24. The third-order valence-electron chi connectivity index (χ3n) is 2.85. The third kappa shape index (κ3) is 3.47. The van der Waals surface area contributed by atoms with E-state index in [4.69, 9.17) is 10.5 Å². The Morgan fingerprint density at radius 1 is 1.30 bits per heavy atom. The minimum Gasteiger partial charge on any atom is -0.497 e. The molecule has 0 saturated carbocycles. The minimum atomic E-state index is -0.169. The van der Waals surface area contributed by atoms with Crippen molar-refractivity contribution in [1.82, 2.24) is 10.3 Å². The van der Waals surface area contributed by atoms with Gasteiger partial charge in [-0.25, -0.2) is 4.98 Å². The quantitative estimate of drug-likeness (QED) is 0.890. The number of nitrogens with two attached hydrogens (primary N) is 1. The number of anilines is 1. The number of methoxy groups -OCH3 is 1. The van der Waals surface area contributed by atoms with Crippen LogP contribution in [0.1, 0.15) is 21.6 Å². The Hall–Kier alpha value is -2.56. The fraction of sp³-hybridized carbons (Fsp3) is 0.200. The molecule has 1 heterocycles. The van der Waals surface area contributed by atoms with Crippen LogP contribution in [-0.2, 0) is 6.54 Å². The van der Waals surface area contributed by atoms with E-state index in [0.29, 0.717) is 17.9 Å². The zero-order valence-electron chi connectivity index (χ0n) is 11.5. The number of carbonyl (C=O) groups is 1. The standard InChI is InChI=1S/C15H17N3O2/c1-10-7-12(8-14(16)18-10)15(19)17-9-11-3-5-13(20-2)6-4-11/h3-8H,9H2,1-2H3,(H2,16,18)(H,17,19). The van der Waals surface area contributed by atoms with Gasteiger partial charge in [-0.1, -0.05) is 12.1 Å². The summed E-state index contributed by atoms with van der Waals surface area (Å²) in [6, 6.07) is 10.8. The summed E-state index contributed by atoms with van der Waals surface area (Å²) in [6.07, 6.45) is 0. The summed E-state index contributed by atoms with van der Waals surface area (Å²) < 4.78 is 5.08. The third-order valence-corrected chi connectivity index (χ3v) is 2.85. The molecule has 3 N–H and O–H groups in total. The van der Waals surface area contributed by atoms with Crippen molar-refractivity contribution in [2.75, 3.05) is 12.8 Å². The number of nitrogens with one attached hydrogen (secondary N) is 1. The lowest BCUT2D eigenvalue weighted by Gasteiger charge is -2.07. The summed E-state index contributed by atoms with van der Waals surface area (Å²) in [5.41, 5.74) is 7.87. The van der Waals surface area contributed by atoms with E-state index >= 15 is 0 Å². The lowest BCUT2D eigenvalue weighted by Crippen LogP contribution is -2.23. The molecule has 20 heavy (non-hydrogen) atoms. The van der Waals surface area contributed by atoms with Gasteiger partial charge < -0.3 is 15.8 Å². The number of aryl methyl sites for hydroxylation is 1. The number of nitrogens with zero attached hydrogens (tertiary/aromatic N) is 1. The molecule has 1 aromatic heterocycles. The van der Waals surface area contributed by atoms with Crippen molar-refractivity contribution >= 4 is 11.7 Å². The zero-order valence-corrected chi connectivity index (χ0v) is 11.5. The van der Waals surface area contributed by atoms with Crippen LogP contribution in [0.5, 0.6) is 5.75 Å². The fourth-order valence-corrected chi connectivity index (χ4v) is 1.85. The predicted octanol–water partition coefficient (Wildman–Crippen LogP) is 1.91. The smallest absolute Gasteiger partial charge is 0.251 e. The zero-order chi connectivity index (χ0) is 14.5. The second-order valence-electron chi connectivity index (χ2n) is 4.45. The van der Waals surface area contributed by atoms with Gasteiger partial charge in [0, 0.05) is 17.8 Å². The van der Waals surface area contributed by atoms with Gasteiger partial charge in [0.15, 0.2) is 0 Å². The second-order valence-corrected chi connectivity index (χ2v) is 4.45. The molecule has 0 aliphatic carbocycles. The van der Waals surface area contributed by atoms with E-state index in [1.54, 1.807) is 26.2 Å². The van der Waals surface area contributed by atoms with Gasteiger partial charge in [0.05, 0.1) is 7.11 Å². The predicted molar refractivity (Wildman–Crippen MR) is 77.6 cm³/mol. The number of amides is 1. The van der Waals surface area contributed by atoms with Crippen molar-refractivity contribution in [3.8, 4) is 5.75 Å². The van der Waals surface area contributed by atoms with Crippen LogP contribution in [0.3, 0.4) is 0 Å². The Labute approximate surface area is 117 Å². The highest BCUT2D eigenvalue weighted by molar-refractivity contribution is 5.94. The highest BCUT2D eigenvalue weighted by Crippen LogP contribution is 2.11. The number of rotatable bonds is 4. The van der Waals surface area contributed by atoms with Gasteiger partial charge >= 0.3 is 0 Å². The SMILES string of the molecule is COc1ccc(CNC(=O)c2cc(C)nc(N)c2)cc1. The number of carbonyl (C=O) groups excluding carboxylic acids is 1. The normalized spacial score (nSPS) is 10.1. The molecule has 0 saturated heterocycles. The molecule has 1 aromatic carbocycles. The van der Waals surface area contributed by atoms with E-state index in [1.807, 2.05) is 24.3 Å². The lowest BCUT2D eigenvalue weighted by molar-refractivity contribution is 0.0950. The van der Waals surface area contributed by atoms with E-state index in [-0.39, 0.29) is 5.91 Å². The summed E-state index contributed by atoms with van der Waals surface area (Å²) in [4.78, 5) is 16.1. The highest BCUT2D eigenvalue weighted by Gasteiger charge is 2.07. The van der Waals surface area contributed by atoms with Crippen molar-refractivity contribution in [2.24, 2.45) is 0 Å². The summed E-state index contributed by atoms with van der Waals surface area (Å²) in [7, 11) is 1.62. The van der Waals surface area contributed by atoms with Crippen LogP contribution >= 0.6 is 0 Å². The molecule has 0 fully saturated rings. The first-order valence-electron chi connectivity index (χ1n) is 6.24. The summed E-state index contributed by atoms with van der Waals surface area (Å²) in [5.74, 6) is 0.968. The van der Waals surface area contributed by atoms with Crippen molar-refractivity contribution in [1.29, 1.82) is 0 Å². The summed E-state index contributed by atoms with van der Waals surface area (Å²) in [5, 5.41) is 2.84. The summed E-state index contributed by atoms with van der Waals surface area (Å²) in [6.45, 7) is 2.25. The molecule has 5 nitrogen and oxygen atoms in total. The van der Waals surface area contributed by atoms with Gasteiger partial charge in [-0.2, -0.15) is 0 Å². The van der Waals surface area contributed by atoms with E-state index in [1.165, 1.54) is 0 Å². The van der Waals surface area contributed by atoms with Gasteiger partial charge in [-0.05, 0) is 36.8 Å². The average Bonchev–Trinajstić information content (AvgIpc) is 2.44. The van der Waals surface area contributed by atoms with Gasteiger partial charge in [0.1, 0.15) is 11.6 Å².